The Kier molecular flexibility index (Phi) is 7.47. The molecule has 0 N–H and O–H groups in total. The molecule has 0 saturated carbocycles. The number of sulfonamides is 1. The molecule has 0 aromatic carbocycles. The third kappa shape index (κ3) is 6.11. The summed E-state index contributed by atoms with van der Waals surface area (Å²) in [5, 5.41) is 0. The molecule has 0 aliphatic carbocycles. The van der Waals surface area contributed by atoms with Gasteiger partial charge in [0.25, 0.3) is 0 Å². The van der Waals surface area contributed by atoms with Gasteiger partial charge in [-0.3, -0.25) is 9.78 Å². The first kappa shape index (κ1) is 18.6. The Morgan fingerprint density at radius 1 is 1.14 bits per heavy atom. The summed E-state index contributed by atoms with van der Waals surface area (Å²) >= 11 is 0. The molecule has 0 bridgehead atoms. The second-order valence-electron chi connectivity index (χ2n) is 5.27. The molecule has 1 aromatic heterocycles. The monoisotopic (exact) mass is 327 g/mol. The van der Waals surface area contributed by atoms with Gasteiger partial charge >= 0.3 is 0 Å². The Morgan fingerprint density at radius 2 is 1.68 bits per heavy atom. The number of amides is 1. The van der Waals surface area contributed by atoms with Gasteiger partial charge in [-0.1, -0.05) is 13.8 Å². The molecule has 0 radical (unpaired) electrons. The number of nitrogens with zero attached hydrogens (tertiary/aromatic N) is 3. The zero-order valence-electron chi connectivity index (χ0n) is 13.5. The van der Waals surface area contributed by atoms with E-state index in [0.29, 0.717) is 13.1 Å². The highest BCUT2D eigenvalue weighted by Crippen LogP contribution is 2.09. The van der Waals surface area contributed by atoms with E-state index < -0.39 is 10.0 Å². The maximum atomic E-state index is 12.4. The van der Waals surface area contributed by atoms with Gasteiger partial charge in [0.05, 0.1) is 12.8 Å². The lowest BCUT2D eigenvalue weighted by Crippen LogP contribution is -2.42. The predicted octanol–water partition coefficient (Wildman–Crippen LogP) is 1.49. The molecule has 0 atom stereocenters. The molecule has 0 spiro atoms. The zero-order chi connectivity index (χ0) is 16.6. The molecule has 1 amide bonds. The van der Waals surface area contributed by atoms with Crippen LogP contribution < -0.4 is 0 Å². The summed E-state index contributed by atoms with van der Waals surface area (Å²) in [6, 6.07) is 3.50. The van der Waals surface area contributed by atoms with Gasteiger partial charge < -0.3 is 4.90 Å². The number of aromatic nitrogens is 1. The van der Waals surface area contributed by atoms with E-state index in [1.54, 1.807) is 29.4 Å². The van der Waals surface area contributed by atoms with Crippen LogP contribution in [0.4, 0.5) is 0 Å². The van der Waals surface area contributed by atoms with Crippen molar-refractivity contribution < 1.29 is 13.2 Å². The summed E-state index contributed by atoms with van der Waals surface area (Å²) in [6.07, 6.45) is 6.06. The SMILES string of the molecule is CCCN(CCC)C(=O)CN(Cc1ccncc1)S(C)(=O)=O. The molecular formula is C15H25N3O3S. The van der Waals surface area contributed by atoms with Crippen molar-refractivity contribution in [3.8, 4) is 0 Å². The average molecular weight is 327 g/mol. The van der Waals surface area contributed by atoms with Crippen LogP contribution in [0.2, 0.25) is 0 Å². The minimum Gasteiger partial charge on any atom is -0.342 e. The molecule has 7 heteroatoms. The summed E-state index contributed by atoms with van der Waals surface area (Å²) in [5.41, 5.74) is 0.811. The largest absolute Gasteiger partial charge is 0.342 e. The summed E-state index contributed by atoms with van der Waals surface area (Å²) < 4.78 is 25.1. The molecule has 22 heavy (non-hydrogen) atoms. The summed E-state index contributed by atoms with van der Waals surface area (Å²) in [5.74, 6) is -0.150. The number of hydrogen-bond donors (Lipinski definition) is 0. The highest BCUT2D eigenvalue weighted by molar-refractivity contribution is 7.88. The number of hydrogen-bond acceptors (Lipinski definition) is 4. The Morgan fingerprint density at radius 3 is 2.14 bits per heavy atom. The van der Waals surface area contributed by atoms with E-state index in [1.807, 2.05) is 13.8 Å². The Bertz CT molecular complexity index is 555. The van der Waals surface area contributed by atoms with Gasteiger partial charge in [-0.2, -0.15) is 4.31 Å². The lowest BCUT2D eigenvalue weighted by molar-refractivity contribution is -0.131. The minimum atomic E-state index is -3.46. The van der Waals surface area contributed by atoms with E-state index >= 15 is 0 Å². The van der Waals surface area contributed by atoms with Crippen molar-refractivity contribution in [1.29, 1.82) is 0 Å². The lowest BCUT2D eigenvalue weighted by Gasteiger charge is -2.26. The smallest absolute Gasteiger partial charge is 0.237 e. The average Bonchev–Trinajstić information content (AvgIpc) is 2.46. The fourth-order valence-electron chi connectivity index (χ4n) is 2.13. The molecule has 6 nitrogen and oxygen atoms in total. The van der Waals surface area contributed by atoms with Crippen LogP contribution in [0, 0.1) is 0 Å². The maximum absolute atomic E-state index is 12.4. The fraction of sp³-hybridized carbons (Fsp3) is 0.600. The Labute approximate surface area is 133 Å². The Balaban J connectivity index is 2.83. The van der Waals surface area contributed by atoms with E-state index in [1.165, 1.54) is 4.31 Å². The molecule has 0 unspecified atom stereocenters. The van der Waals surface area contributed by atoms with E-state index in [0.717, 1.165) is 24.7 Å². The first-order valence-corrected chi connectivity index (χ1v) is 9.35. The second kappa shape index (κ2) is 8.85. The molecule has 124 valence electrons. The number of carbonyl (C=O) groups is 1. The van der Waals surface area contributed by atoms with E-state index in [-0.39, 0.29) is 19.0 Å². The summed E-state index contributed by atoms with van der Waals surface area (Å²) in [4.78, 5) is 18.0. The molecule has 1 heterocycles. The van der Waals surface area contributed by atoms with Crippen molar-refractivity contribution in [2.24, 2.45) is 0 Å². The van der Waals surface area contributed by atoms with Gasteiger partial charge in [0.2, 0.25) is 15.9 Å². The van der Waals surface area contributed by atoms with Crippen molar-refractivity contribution in [3.05, 3.63) is 30.1 Å². The van der Waals surface area contributed by atoms with Crippen molar-refractivity contribution in [1.82, 2.24) is 14.2 Å². The molecular weight excluding hydrogens is 302 g/mol. The summed E-state index contributed by atoms with van der Waals surface area (Å²) in [6.45, 7) is 5.36. The van der Waals surface area contributed by atoms with Gasteiger partial charge in [0.1, 0.15) is 0 Å². The van der Waals surface area contributed by atoms with Crippen molar-refractivity contribution in [2.75, 3.05) is 25.9 Å². The normalized spacial score (nSPS) is 11.6. The quantitative estimate of drug-likeness (QED) is 0.689. The van der Waals surface area contributed by atoms with Crippen molar-refractivity contribution >= 4 is 15.9 Å². The number of rotatable bonds is 9. The third-order valence-corrected chi connectivity index (χ3v) is 4.42. The van der Waals surface area contributed by atoms with Crippen LogP contribution in [0.5, 0.6) is 0 Å². The fourth-order valence-corrected chi connectivity index (χ4v) is 2.86. The number of pyridine rings is 1. The van der Waals surface area contributed by atoms with E-state index in [2.05, 4.69) is 4.98 Å². The van der Waals surface area contributed by atoms with Crippen LogP contribution in [0.1, 0.15) is 32.3 Å². The zero-order valence-corrected chi connectivity index (χ0v) is 14.3. The van der Waals surface area contributed by atoms with Gasteiger partial charge in [-0.05, 0) is 30.5 Å². The van der Waals surface area contributed by atoms with Gasteiger partial charge in [0, 0.05) is 32.0 Å². The highest BCUT2D eigenvalue weighted by atomic mass is 32.2. The topological polar surface area (TPSA) is 70.6 Å². The van der Waals surface area contributed by atoms with Crippen molar-refractivity contribution in [2.45, 2.75) is 33.2 Å². The van der Waals surface area contributed by atoms with E-state index in [4.69, 9.17) is 0 Å². The van der Waals surface area contributed by atoms with Gasteiger partial charge in [0.15, 0.2) is 0 Å². The second-order valence-corrected chi connectivity index (χ2v) is 7.25. The molecule has 1 rings (SSSR count). The predicted molar refractivity (Wildman–Crippen MR) is 86.7 cm³/mol. The first-order chi connectivity index (χ1) is 10.4. The van der Waals surface area contributed by atoms with Gasteiger partial charge in [-0.15, -0.1) is 0 Å². The molecule has 0 aliphatic rings. The lowest BCUT2D eigenvalue weighted by atomic mass is 10.2. The molecule has 0 saturated heterocycles. The van der Waals surface area contributed by atoms with Crippen LogP contribution >= 0.6 is 0 Å². The first-order valence-electron chi connectivity index (χ1n) is 7.50. The Hall–Kier alpha value is -1.47. The third-order valence-electron chi connectivity index (χ3n) is 3.23. The molecule has 0 aliphatic heterocycles. The van der Waals surface area contributed by atoms with Crippen LogP contribution in [-0.4, -0.2) is 54.4 Å². The number of carbonyl (C=O) groups excluding carboxylic acids is 1. The van der Waals surface area contributed by atoms with Crippen LogP contribution in [0.25, 0.3) is 0 Å². The standard InChI is InChI=1S/C15H25N3O3S/c1-4-10-17(11-5-2)15(19)13-18(22(3,20)21)12-14-6-8-16-9-7-14/h6-9H,4-5,10-13H2,1-3H3. The van der Waals surface area contributed by atoms with Crippen molar-refractivity contribution in [3.63, 3.8) is 0 Å². The van der Waals surface area contributed by atoms with E-state index in [9.17, 15) is 13.2 Å². The van der Waals surface area contributed by atoms with Crippen LogP contribution in [0.3, 0.4) is 0 Å². The maximum Gasteiger partial charge on any atom is 0.237 e. The molecule has 0 fully saturated rings. The highest BCUT2D eigenvalue weighted by Gasteiger charge is 2.23. The van der Waals surface area contributed by atoms with Gasteiger partial charge in [-0.25, -0.2) is 8.42 Å². The molecule has 1 aromatic rings. The summed E-state index contributed by atoms with van der Waals surface area (Å²) in [7, 11) is -3.46. The van der Waals surface area contributed by atoms with Crippen LogP contribution in [-0.2, 0) is 21.4 Å². The van der Waals surface area contributed by atoms with Crippen LogP contribution in [0.15, 0.2) is 24.5 Å². The minimum absolute atomic E-state index is 0.124.